The monoisotopic (exact) mass is 245 g/mol. The number of carbonyl (C=O) groups is 1. The highest BCUT2D eigenvalue weighted by atomic mass is 16.4. The van der Waals surface area contributed by atoms with Gasteiger partial charge in [0.2, 0.25) is 11.6 Å². The number of furan rings is 1. The van der Waals surface area contributed by atoms with Crippen molar-refractivity contribution in [3.63, 3.8) is 0 Å². The number of nitrogens with zero attached hydrogens (tertiary/aromatic N) is 1. The number of aromatic carboxylic acids is 1. The molecule has 94 valence electrons. The van der Waals surface area contributed by atoms with Crippen molar-refractivity contribution >= 4 is 17.5 Å². The largest absolute Gasteiger partial charge is 0.475 e. The Labute approximate surface area is 105 Å². The Kier molecular flexibility index (Phi) is 3.37. The fraction of sp³-hybridized carbons (Fsp3) is 0.214. The second kappa shape index (κ2) is 4.96. The van der Waals surface area contributed by atoms with Crippen molar-refractivity contribution in [2.45, 2.75) is 13.8 Å². The van der Waals surface area contributed by atoms with Crippen molar-refractivity contribution in [3.8, 4) is 0 Å². The van der Waals surface area contributed by atoms with Crippen LogP contribution in [0.1, 0.15) is 23.0 Å². The summed E-state index contributed by atoms with van der Waals surface area (Å²) in [6.07, 6.45) is 0. The molecule has 0 saturated heterocycles. The van der Waals surface area contributed by atoms with Gasteiger partial charge in [-0.15, -0.1) is 0 Å². The van der Waals surface area contributed by atoms with Crippen molar-refractivity contribution < 1.29 is 14.3 Å². The summed E-state index contributed by atoms with van der Waals surface area (Å²) in [5.74, 6) is -0.552. The SMILES string of the molecule is CCN(c1ccc(C(=O)O)o1)c1ccccc1C. The van der Waals surface area contributed by atoms with Gasteiger partial charge in [0, 0.05) is 18.3 Å². The van der Waals surface area contributed by atoms with Crippen molar-refractivity contribution in [2.24, 2.45) is 0 Å². The van der Waals surface area contributed by atoms with Crippen molar-refractivity contribution in [3.05, 3.63) is 47.7 Å². The molecule has 1 N–H and O–H groups in total. The van der Waals surface area contributed by atoms with Gasteiger partial charge >= 0.3 is 5.97 Å². The first-order valence-corrected chi connectivity index (χ1v) is 5.79. The van der Waals surface area contributed by atoms with E-state index in [-0.39, 0.29) is 5.76 Å². The van der Waals surface area contributed by atoms with Crippen LogP contribution in [0.25, 0.3) is 0 Å². The average molecular weight is 245 g/mol. The summed E-state index contributed by atoms with van der Waals surface area (Å²) in [4.78, 5) is 12.8. The Bertz CT molecular complexity index is 560. The molecular formula is C14H15NO3. The molecule has 0 bridgehead atoms. The van der Waals surface area contributed by atoms with Crippen LogP contribution in [-0.2, 0) is 0 Å². The highest BCUT2D eigenvalue weighted by Gasteiger charge is 2.15. The first-order chi connectivity index (χ1) is 8.63. The van der Waals surface area contributed by atoms with Crippen molar-refractivity contribution in [1.29, 1.82) is 0 Å². The topological polar surface area (TPSA) is 53.7 Å². The van der Waals surface area contributed by atoms with Crippen LogP contribution < -0.4 is 4.90 Å². The van der Waals surface area contributed by atoms with Crippen LogP contribution in [0.2, 0.25) is 0 Å². The number of hydrogen-bond acceptors (Lipinski definition) is 3. The van der Waals surface area contributed by atoms with Gasteiger partial charge in [0.1, 0.15) is 0 Å². The minimum absolute atomic E-state index is 0.0444. The van der Waals surface area contributed by atoms with Crippen LogP contribution in [-0.4, -0.2) is 17.6 Å². The van der Waals surface area contributed by atoms with Gasteiger partial charge in [-0.05, 0) is 31.5 Å². The number of rotatable bonds is 4. The summed E-state index contributed by atoms with van der Waals surface area (Å²) in [6, 6.07) is 11.1. The Morgan fingerprint density at radius 2 is 2.00 bits per heavy atom. The van der Waals surface area contributed by atoms with E-state index in [1.165, 1.54) is 6.07 Å². The lowest BCUT2D eigenvalue weighted by Crippen LogP contribution is -2.16. The molecule has 2 rings (SSSR count). The highest BCUT2D eigenvalue weighted by molar-refractivity contribution is 5.85. The van der Waals surface area contributed by atoms with Crippen molar-refractivity contribution in [1.82, 2.24) is 0 Å². The number of aryl methyl sites for hydroxylation is 1. The minimum Gasteiger partial charge on any atom is -0.475 e. The predicted octanol–water partition coefficient (Wildman–Crippen LogP) is 3.44. The molecule has 0 radical (unpaired) electrons. The number of anilines is 2. The van der Waals surface area contributed by atoms with Gasteiger partial charge in [0.05, 0.1) is 0 Å². The molecule has 0 fully saturated rings. The summed E-state index contributed by atoms with van der Waals surface area (Å²) in [5.41, 5.74) is 2.14. The molecule has 18 heavy (non-hydrogen) atoms. The van der Waals surface area contributed by atoms with E-state index < -0.39 is 5.97 Å². The average Bonchev–Trinajstić information content (AvgIpc) is 2.82. The molecule has 0 aliphatic heterocycles. The summed E-state index contributed by atoms with van der Waals surface area (Å²) in [7, 11) is 0. The number of carboxylic acid groups (broad SMARTS) is 1. The fourth-order valence-electron chi connectivity index (χ4n) is 1.90. The predicted molar refractivity (Wildman–Crippen MR) is 69.5 cm³/mol. The van der Waals surface area contributed by atoms with E-state index in [0.29, 0.717) is 12.4 Å². The maximum atomic E-state index is 10.8. The van der Waals surface area contributed by atoms with Gasteiger partial charge in [-0.3, -0.25) is 0 Å². The Balaban J connectivity index is 2.39. The van der Waals surface area contributed by atoms with Gasteiger partial charge in [-0.1, -0.05) is 18.2 Å². The molecule has 0 atom stereocenters. The maximum Gasteiger partial charge on any atom is 0.371 e. The molecule has 4 heteroatoms. The van der Waals surface area contributed by atoms with Crippen LogP contribution in [0.4, 0.5) is 11.6 Å². The third-order valence-corrected chi connectivity index (χ3v) is 2.79. The lowest BCUT2D eigenvalue weighted by molar-refractivity contribution is 0.0663. The van der Waals surface area contributed by atoms with E-state index in [2.05, 4.69) is 0 Å². The molecule has 2 aromatic rings. The summed E-state index contributed by atoms with van der Waals surface area (Å²) >= 11 is 0. The maximum absolute atomic E-state index is 10.8. The van der Waals surface area contributed by atoms with Gasteiger partial charge in [-0.25, -0.2) is 4.79 Å². The van der Waals surface area contributed by atoms with Crippen LogP contribution in [0, 0.1) is 6.92 Å². The van der Waals surface area contributed by atoms with E-state index >= 15 is 0 Å². The molecule has 0 saturated carbocycles. The van der Waals surface area contributed by atoms with E-state index in [0.717, 1.165) is 11.3 Å². The van der Waals surface area contributed by atoms with Gasteiger partial charge in [0.25, 0.3) is 0 Å². The second-order valence-electron chi connectivity index (χ2n) is 3.97. The molecule has 0 amide bonds. The number of benzene rings is 1. The van der Waals surface area contributed by atoms with Gasteiger partial charge < -0.3 is 14.4 Å². The molecule has 0 unspecified atom stereocenters. The normalized spacial score (nSPS) is 10.3. The van der Waals surface area contributed by atoms with Gasteiger partial charge in [0.15, 0.2) is 0 Å². The molecule has 0 spiro atoms. The number of para-hydroxylation sites is 1. The molecule has 0 aliphatic rings. The zero-order chi connectivity index (χ0) is 13.1. The number of hydrogen-bond donors (Lipinski definition) is 1. The molecule has 4 nitrogen and oxygen atoms in total. The Morgan fingerprint density at radius 3 is 2.56 bits per heavy atom. The Morgan fingerprint density at radius 1 is 1.28 bits per heavy atom. The highest BCUT2D eigenvalue weighted by Crippen LogP contribution is 2.29. The second-order valence-corrected chi connectivity index (χ2v) is 3.97. The van der Waals surface area contributed by atoms with Crippen LogP contribution in [0.5, 0.6) is 0 Å². The number of carboxylic acids is 1. The van der Waals surface area contributed by atoms with E-state index in [4.69, 9.17) is 9.52 Å². The molecule has 0 aliphatic carbocycles. The molecule has 1 aromatic carbocycles. The van der Waals surface area contributed by atoms with Crippen LogP contribution in [0.3, 0.4) is 0 Å². The van der Waals surface area contributed by atoms with Crippen molar-refractivity contribution in [2.75, 3.05) is 11.4 Å². The molecule has 1 aromatic heterocycles. The van der Waals surface area contributed by atoms with E-state index in [1.54, 1.807) is 6.07 Å². The van der Waals surface area contributed by atoms with E-state index in [1.807, 2.05) is 43.0 Å². The third-order valence-electron chi connectivity index (χ3n) is 2.79. The summed E-state index contributed by atoms with van der Waals surface area (Å²) in [5, 5.41) is 8.87. The summed E-state index contributed by atoms with van der Waals surface area (Å²) in [6.45, 7) is 4.71. The first kappa shape index (κ1) is 12.2. The zero-order valence-electron chi connectivity index (χ0n) is 10.4. The fourth-order valence-corrected chi connectivity index (χ4v) is 1.90. The molecule has 1 heterocycles. The lowest BCUT2D eigenvalue weighted by atomic mass is 10.2. The summed E-state index contributed by atoms with van der Waals surface area (Å²) < 4.78 is 5.33. The van der Waals surface area contributed by atoms with Crippen LogP contribution >= 0.6 is 0 Å². The quantitative estimate of drug-likeness (QED) is 0.896. The smallest absolute Gasteiger partial charge is 0.371 e. The van der Waals surface area contributed by atoms with E-state index in [9.17, 15) is 4.79 Å². The van der Waals surface area contributed by atoms with Crippen LogP contribution in [0.15, 0.2) is 40.8 Å². The first-order valence-electron chi connectivity index (χ1n) is 5.79. The molecular weight excluding hydrogens is 230 g/mol. The lowest BCUT2D eigenvalue weighted by Gasteiger charge is -2.21. The van der Waals surface area contributed by atoms with Gasteiger partial charge in [-0.2, -0.15) is 0 Å². The third kappa shape index (κ3) is 2.22. The Hall–Kier alpha value is -2.23. The zero-order valence-corrected chi connectivity index (χ0v) is 10.4. The standard InChI is InChI=1S/C14H15NO3/c1-3-15(11-7-5-4-6-10(11)2)13-9-8-12(18-13)14(16)17/h4-9H,3H2,1-2H3,(H,16,17). The minimum atomic E-state index is -1.05.